The lowest BCUT2D eigenvalue weighted by Crippen LogP contribution is -2.24. The summed E-state index contributed by atoms with van der Waals surface area (Å²) in [4.78, 5) is 12.0. The zero-order valence-electron chi connectivity index (χ0n) is 15.8. The Balaban J connectivity index is 1.40. The number of nitrogens with one attached hydrogen (secondary N) is 1. The number of nitrogens with zero attached hydrogens (tertiary/aromatic N) is 2. The van der Waals surface area contributed by atoms with E-state index in [9.17, 15) is 4.79 Å². The zero-order chi connectivity index (χ0) is 20.9. The predicted octanol–water partition coefficient (Wildman–Crippen LogP) is 5.47. The van der Waals surface area contributed by atoms with Gasteiger partial charge in [-0.15, -0.1) is 0 Å². The third-order valence-electron chi connectivity index (χ3n) is 4.43. The van der Waals surface area contributed by atoms with Crippen molar-refractivity contribution in [2.75, 3.05) is 6.61 Å². The highest BCUT2D eigenvalue weighted by molar-refractivity contribution is 6.35. The molecule has 0 bridgehead atoms. The summed E-state index contributed by atoms with van der Waals surface area (Å²) < 4.78 is 7.39. The number of hydrazone groups is 1. The standard InChI is InChI=1S/C23H17Cl2N3O2/c24-18-8-10-22(21(25)13-18)30-15-23(29)27-26-14-20-6-3-11-28(20)19-9-7-16-4-1-2-5-17(16)12-19/h1-14H,15H2,(H,27,29)/b26-14-. The monoisotopic (exact) mass is 437 g/mol. The molecule has 0 saturated carbocycles. The third-order valence-corrected chi connectivity index (χ3v) is 4.96. The van der Waals surface area contributed by atoms with E-state index in [-0.39, 0.29) is 6.61 Å². The number of carbonyl (C=O) groups excluding carboxylic acids is 1. The fourth-order valence-electron chi connectivity index (χ4n) is 3.00. The second-order valence-corrected chi connectivity index (χ2v) is 7.33. The minimum absolute atomic E-state index is 0.218. The second-order valence-electron chi connectivity index (χ2n) is 6.49. The van der Waals surface area contributed by atoms with Gasteiger partial charge < -0.3 is 9.30 Å². The molecule has 0 aliphatic rings. The van der Waals surface area contributed by atoms with Crippen LogP contribution >= 0.6 is 23.2 Å². The van der Waals surface area contributed by atoms with Gasteiger partial charge in [-0.2, -0.15) is 5.10 Å². The average molecular weight is 438 g/mol. The summed E-state index contributed by atoms with van der Waals surface area (Å²) in [6, 6.07) is 23.0. The van der Waals surface area contributed by atoms with Gasteiger partial charge in [-0.05, 0) is 53.2 Å². The molecule has 1 aromatic heterocycles. The maximum atomic E-state index is 12.0. The summed E-state index contributed by atoms with van der Waals surface area (Å²) in [5, 5.41) is 7.20. The van der Waals surface area contributed by atoms with Crippen molar-refractivity contribution in [1.82, 2.24) is 9.99 Å². The van der Waals surface area contributed by atoms with Gasteiger partial charge in [-0.1, -0.05) is 53.5 Å². The smallest absolute Gasteiger partial charge is 0.277 e. The van der Waals surface area contributed by atoms with E-state index >= 15 is 0 Å². The van der Waals surface area contributed by atoms with Gasteiger partial charge in [-0.3, -0.25) is 4.79 Å². The summed E-state index contributed by atoms with van der Waals surface area (Å²) in [6.07, 6.45) is 3.53. The highest BCUT2D eigenvalue weighted by Gasteiger charge is 2.06. The molecule has 0 atom stereocenters. The minimum Gasteiger partial charge on any atom is -0.482 e. The number of ether oxygens (including phenoxy) is 1. The van der Waals surface area contributed by atoms with E-state index in [0.717, 1.165) is 16.8 Å². The predicted molar refractivity (Wildman–Crippen MR) is 121 cm³/mol. The Morgan fingerprint density at radius 1 is 1.00 bits per heavy atom. The van der Waals surface area contributed by atoms with E-state index in [1.807, 2.05) is 41.1 Å². The first kappa shape index (κ1) is 20.0. The van der Waals surface area contributed by atoms with Gasteiger partial charge in [0, 0.05) is 16.9 Å². The summed E-state index contributed by atoms with van der Waals surface area (Å²) in [7, 11) is 0. The third kappa shape index (κ3) is 4.64. The summed E-state index contributed by atoms with van der Waals surface area (Å²) in [6.45, 7) is -0.218. The van der Waals surface area contributed by atoms with E-state index in [1.54, 1.807) is 24.4 Å². The molecule has 0 fully saturated rings. The number of amides is 1. The molecule has 5 nitrogen and oxygen atoms in total. The molecule has 4 aromatic rings. The largest absolute Gasteiger partial charge is 0.482 e. The van der Waals surface area contributed by atoms with E-state index in [1.165, 1.54) is 5.39 Å². The molecule has 0 spiro atoms. The SMILES string of the molecule is O=C(COc1ccc(Cl)cc1Cl)N/N=C\c1cccn1-c1ccc2ccccc2c1. The molecule has 30 heavy (non-hydrogen) atoms. The maximum Gasteiger partial charge on any atom is 0.277 e. The number of hydrogen-bond acceptors (Lipinski definition) is 3. The topological polar surface area (TPSA) is 55.6 Å². The molecule has 0 unspecified atom stereocenters. The van der Waals surface area contributed by atoms with Gasteiger partial charge in [0.2, 0.25) is 0 Å². The molecule has 3 aromatic carbocycles. The van der Waals surface area contributed by atoms with Crippen LogP contribution < -0.4 is 10.2 Å². The van der Waals surface area contributed by atoms with E-state index in [0.29, 0.717) is 15.8 Å². The Kier molecular flexibility index (Phi) is 6.02. The zero-order valence-corrected chi connectivity index (χ0v) is 17.3. The molecule has 1 amide bonds. The molecule has 1 N–H and O–H groups in total. The van der Waals surface area contributed by atoms with Crippen molar-refractivity contribution in [3.05, 3.63) is 94.7 Å². The molecule has 150 valence electrons. The minimum atomic E-state index is -0.402. The normalized spacial score (nSPS) is 11.1. The number of carbonyl (C=O) groups is 1. The molecule has 0 radical (unpaired) electrons. The highest BCUT2D eigenvalue weighted by atomic mass is 35.5. The second kappa shape index (κ2) is 9.03. The number of benzene rings is 3. The molecule has 7 heteroatoms. The van der Waals surface area contributed by atoms with Crippen molar-refractivity contribution in [3.63, 3.8) is 0 Å². The van der Waals surface area contributed by atoms with Crippen molar-refractivity contribution in [2.24, 2.45) is 5.10 Å². The van der Waals surface area contributed by atoms with Crippen LogP contribution in [-0.2, 0) is 4.79 Å². The van der Waals surface area contributed by atoms with Crippen molar-refractivity contribution in [2.45, 2.75) is 0 Å². The van der Waals surface area contributed by atoms with Crippen LogP contribution in [-0.4, -0.2) is 23.3 Å². The number of hydrogen-bond donors (Lipinski definition) is 1. The fourth-order valence-corrected chi connectivity index (χ4v) is 3.46. The van der Waals surface area contributed by atoms with Gasteiger partial charge in [0.15, 0.2) is 6.61 Å². The summed E-state index contributed by atoms with van der Waals surface area (Å²) >= 11 is 11.9. The quantitative estimate of drug-likeness (QED) is 0.321. The van der Waals surface area contributed by atoms with Crippen LogP contribution in [0.4, 0.5) is 0 Å². The summed E-state index contributed by atoms with van der Waals surface area (Å²) in [5.74, 6) is -0.0218. The van der Waals surface area contributed by atoms with Gasteiger partial charge in [-0.25, -0.2) is 5.43 Å². The lowest BCUT2D eigenvalue weighted by atomic mass is 10.1. The number of rotatable bonds is 6. The van der Waals surface area contributed by atoms with Crippen molar-refractivity contribution in [1.29, 1.82) is 0 Å². The lowest BCUT2D eigenvalue weighted by molar-refractivity contribution is -0.123. The Bertz CT molecular complexity index is 1230. The van der Waals surface area contributed by atoms with Crippen LogP contribution in [0, 0.1) is 0 Å². The Morgan fingerprint density at radius 2 is 1.83 bits per heavy atom. The molecule has 1 heterocycles. The van der Waals surface area contributed by atoms with Crippen molar-refractivity contribution < 1.29 is 9.53 Å². The molecular weight excluding hydrogens is 421 g/mol. The average Bonchev–Trinajstić information content (AvgIpc) is 3.21. The highest BCUT2D eigenvalue weighted by Crippen LogP contribution is 2.27. The molecule has 0 aliphatic carbocycles. The van der Waals surface area contributed by atoms with Crippen LogP contribution in [0.15, 0.2) is 84.1 Å². The van der Waals surface area contributed by atoms with Crippen LogP contribution in [0.3, 0.4) is 0 Å². The first-order chi connectivity index (χ1) is 14.6. The van der Waals surface area contributed by atoms with E-state index in [2.05, 4.69) is 34.8 Å². The Hall–Kier alpha value is -3.28. The van der Waals surface area contributed by atoms with Gasteiger partial charge in [0.25, 0.3) is 5.91 Å². The van der Waals surface area contributed by atoms with Gasteiger partial charge >= 0.3 is 0 Å². The Morgan fingerprint density at radius 3 is 2.67 bits per heavy atom. The lowest BCUT2D eigenvalue weighted by Gasteiger charge is -2.08. The summed E-state index contributed by atoms with van der Waals surface area (Å²) in [5.41, 5.74) is 4.29. The fraction of sp³-hybridized carbons (Fsp3) is 0.0435. The number of halogens is 2. The van der Waals surface area contributed by atoms with Gasteiger partial charge in [0.1, 0.15) is 5.75 Å². The first-order valence-corrected chi connectivity index (χ1v) is 9.92. The van der Waals surface area contributed by atoms with Crippen LogP contribution in [0.25, 0.3) is 16.5 Å². The number of fused-ring (bicyclic) bond motifs is 1. The van der Waals surface area contributed by atoms with Crippen LogP contribution in [0.5, 0.6) is 5.75 Å². The van der Waals surface area contributed by atoms with Crippen LogP contribution in [0.1, 0.15) is 5.69 Å². The molecule has 4 rings (SSSR count). The maximum absolute atomic E-state index is 12.0. The first-order valence-electron chi connectivity index (χ1n) is 9.16. The van der Waals surface area contributed by atoms with E-state index in [4.69, 9.17) is 27.9 Å². The van der Waals surface area contributed by atoms with E-state index < -0.39 is 5.91 Å². The molecular formula is C23H17Cl2N3O2. The van der Waals surface area contributed by atoms with Crippen LogP contribution in [0.2, 0.25) is 10.0 Å². The Labute approximate surface area is 183 Å². The molecule has 0 aliphatic heterocycles. The number of aromatic nitrogens is 1. The van der Waals surface area contributed by atoms with Crippen molar-refractivity contribution in [3.8, 4) is 11.4 Å². The van der Waals surface area contributed by atoms with Crippen molar-refractivity contribution >= 4 is 46.1 Å². The van der Waals surface area contributed by atoms with Gasteiger partial charge in [0.05, 0.1) is 16.9 Å². The molecule has 0 saturated heterocycles.